The van der Waals surface area contributed by atoms with Crippen LogP contribution in [0.1, 0.15) is 12.0 Å². The van der Waals surface area contributed by atoms with Gasteiger partial charge in [0.2, 0.25) is 5.91 Å². The molecule has 0 aromatic heterocycles. The third kappa shape index (κ3) is 6.35. The van der Waals surface area contributed by atoms with Crippen LogP contribution >= 0.6 is 0 Å². The van der Waals surface area contributed by atoms with Crippen molar-refractivity contribution < 1.29 is 32.2 Å². The van der Waals surface area contributed by atoms with Gasteiger partial charge in [0.15, 0.2) is 11.5 Å². The summed E-state index contributed by atoms with van der Waals surface area (Å²) in [4.78, 5) is 22.3. The minimum absolute atomic E-state index is 0.0925. The van der Waals surface area contributed by atoms with Crippen LogP contribution in [0.4, 0.5) is 13.2 Å². The second kappa shape index (κ2) is 8.99. The first-order valence-corrected chi connectivity index (χ1v) is 7.10. The number of alkyl halides is 3. The summed E-state index contributed by atoms with van der Waals surface area (Å²) in [7, 11) is 2.98. The van der Waals surface area contributed by atoms with E-state index in [2.05, 4.69) is 5.32 Å². The molecule has 6 nitrogen and oxygen atoms in total. The molecule has 0 aliphatic carbocycles. The van der Waals surface area contributed by atoms with Crippen molar-refractivity contribution in [3.63, 3.8) is 0 Å². The minimum atomic E-state index is -4.89. The second-order valence-electron chi connectivity index (χ2n) is 4.82. The lowest BCUT2D eigenvalue weighted by Gasteiger charge is -2.10. The van der Waals surface area contributed by atoms with Gasteiger partial charge in [0.05, 0.1) is 20.6 Å². The van der Waals surface area contributed by atoms with Gasteiger partial charge >= 0.3 is 12.1 Å². The summed E-state index contributed by atoms with van der Waals surface area (Å²) < 4.78 is 46.1. The Bertz CT molecular complexity index is 576. The fourth-order valence-corrected chi connectivity index (χ4v) is 1.86. The number of hydrogen-bond donors (Lipinski definition) is 2. The number of halogens is 3. The van der Waals surface area contributed by atoms with Crippen LogP contribution in [0.3, 0.4) is 0 Å². The van der Waals surface area contributed by atoms with Gasteiger partial charge in [0, 0.05) is 13.1 Å². The first kappa shape index (κ1) is 19.6. The number of hydrogen-bond acceptors (Lipinski definition) is 4. The molecular formula is C15H19F3N2O4. The minimum Gasteiger partial charge on any atom is -0.493 e. The van der Waals surface area contributed by atoms with Crippen molar-refractivity contribution >= 4 is 11.8 Å². The SMILES string of the molecule is COc1ccc(CC(=O)NCCCNC(=O)C(F)(F)F)cc1OC. The Kier molecular flexibility index (Phi) is 7.34. The molecule has 2 amide bonds. The maximum absolute atomic E-state index is 11.9. The van der Waals surface area contributed by atoms with Crippen LogP contribution < -0.4 is 20.1 Å². The van der Waals surface area contributed by atoms with Crippen molar-refractivity contribution in [3.8, 4) is 11.5 Å². The van der Waals surface area contributed by atoms with Gasteiger partial charge in [-0.05, 0) is 24.1 Å². The van der Waals surface area contributed by atoms with Gasteiger partial charge in [-0.3, -0.25) is 9.59 Å². The number of carbonyl (C=O) groups excluding carboxylic acids is 2. The molecule has 24 heavy (non-hydrogen) atoms. The highest BCUT2D eigenvalue weighted by Crippen LogP contribution is 2.27. The number of carbonyl (C=O) groups is 2. The van der Waals surface area contributed by atoms with Gasteiger partial charge in [-0.1, -0.05) is 6.07 Å². The Morgan fingerprint density at radius 1 is 1.04 bits per heavy atom. The largest absolute Gasteiger partial charge is 0.493 e. The summed E-state index contributed by atoms with van der Waals surface area (Å²) in [6.07, 6.45) is -4.61. The molecule has 0 fully saturated rings. The lowest BCUT2D eigenvalue weighted by molar-refractivity contribution is -0.173. The van der Waals surface area contributed by atoms with Gasteiger partial charge in [0.25, 0.3) is 0 Å². The topological polar surface area (TPSA) is 76.7 Å². The van der Waals surface area contributed by atoms with Crippen LogP contribution in [0.25, 0.3) is 0 Å². The van der Waals surface area contributed by atoms with Gasteiger partial charge in [0.1, 0.15) is 0 Å². The average molecular weight is 348 g/mol. The van der Waals surface area contributed by atoms with E-state index in [1.807, 2.05) is 0 Å². The molecule has 0 atom stereocenters. The van der Waals surface area contributed by atoms with Gasteiger partial charge in [-0.2, -0.15) is 13.2 Å². The van der Waals surface area contributed by atoms with Crippen LogP contribution in [-0.4, -0.2) is 45.3 Å². The van der Waals surface area contributed by atoms with Crippen LogP contribution in [0, 0.1) is 0 Å². The van der Waals surface area contributed by atoms with E-state index in [9.17, 15) is 22.8 Å². The summed E-state index contributed by atoms with van der Waals surface area (Å²) in [6, 6.07) is 5.06. The fraction of sp³-hybridized carbons (Fsp3) is 0.467. The van der Waals surface area contributed by atoms with Gasteiger partial charge in [-0.15, -0.1) is 0 Å². The van der Waals surface area contributed by atoms with Gasteiger partial charge < -0.3 is 20.1 Å². The average Bonchev–Trinajstić information content (AvgIpc) is 2.53. The predicted molar refractivity (Wildman–Crippen MR) is 79.9 cm³/mol. The zero-order valence-corrected chi connectivity index (χ0v) is 13.3. The highest BCUT2D eigenvalue weighted by molar-refractivity contribution is 5.81. The number of nitrogens with one attached hydrogen (secondary N) is 2. The van der Waals surface area contributed by atoms with Crippen LogP contribution in [0.2, 0.25) is 0 Å². The summed E-state index contributed by atoms with van der Waals surface area (Å²) in [5.74, 6) is -1.23. The number of ether oxygens (including phenoxy) is 2. The Hall–Kier alpha value is -2.45. The van der Waals surface area contributed by atoms with Crippen LogP contribution in [-0.2, 0) is 16.0 Å². The molecule has 1 rings (SSSR count). The molecule has 0 bridgehead atoms. The summed E-state index contributed by atoms with van der Waals surface area (Å²) in [6.45, 7) is -0.0146. The second-order valence-corrected chi connectivity index (χ2v) is 4.82. The molecule has 0 heterocycles. The van der Waals surface area contributed by atoms with Crippen molar-refractivity contribution in [2.45, 2.75) is 19.0 Å². The first-order valence-electron chi connectivity index (χ1n) is 7.10. The first-order chi connectivity index (χ1) is 11.3. The number of amides is 2. The van der Waals surface area contributed by atoms with E-state index in [0.717, 1.165) is 0 Å². The Morgan fingerprint density at radius 3 is 2.25 bits per heavy atom. The molecule has 9 heteroatoms. The smallest absolute Gasteiger partial charge is 0.471 e. The third-order valence-electron chi connectivity index (χ3n) is 3.03. The number of rotatable bonds is 8. The molecule has 0 aliphatic rings. The zero-order chi connectivity index (χ0) is 18.2. The molecule has 1 aromatic carbocycles. The molecule has 0 aliphatic heterocycles. The van der Waals surface area contributed by atoms with E-state index in [1.165, 1.54) is 14.2 Å². The van der Waals surface area contributed by atoms with E-state index < -0.39 is 12.1 Å². The monoisotopic (exact) mass is 348 g/mol. The van der Waals surface area contributed by atoms with Crippen molar-refractivity contribution in [1.82, 2.24) is 10.6 Å². The van der Waals surface area contributed by atoms with Crippen LogP contribution in [0.15, 0.2) is 18.2 Å². The molecule has 0 radical (unpaired) electrons. The third-order valence-corrected chi connectivity index (χ3v) is 3.03. The van der Waals surface area contributed by atoms with E-state index in [-0.39, 0.29) is 31.8 Å². The Balaban J connectivity index is 2.33. The molecule has 134 valence electrons. The molecule has 0 saturated carbocycles. The van der Waals surface area contributed by atoms with Crippen molar-refractivity contribution in [2.75, 3.05) is 27.3 Å². The van der Waals surface area contributed by atoms with E-state index >= 15 is 0 Å². The van der Waals surface area contributed by atoms with Crippen LogP contribution in [0.5, 0.6) is 11.5 Å². The lowest BCUT2D eigenvalue weighted by Crippen LogP contribution is -2.38. The molecule has 1 aromatic rings. The van der Waals surface area contributed by atoms with E-state index in [1.54, 1.807) is 23.5 Å². The van der Waals surface area contributed by atoms with E-state index in [4.69, 9.17) is 9.47 Å². The molecule has 0 spiro atoms. The maximum atomic E-state index is 11.9. The fourth-order valence-electron chi connectivity index (χ4n) is 1.86. The lowest BCUT2D eigenvalue weighted by atomic mass is 10.1. The Labute approximate surface area is 137 Å². The highest BCUT2D eigenvalue weighted by Gasteiger charge is 2.38. The quantitative estimate of drug-likeness (QED) is 0.697. The summed E-state index contributed by atoms with van der Waals surface area (Å²) in [5, 5.41) is 4.29. The van der Waals surface area contributed by atoms with Crippen molar-refractivity contribution in [1.29, 1.82) is 0 Å². The maximum Gasteiger partial charge on any atom is 0.471 e. The Morgan fingerprint density at radius 2 is 1.67 bits per heavy atom. The zero-order valence-electron chi connectivity index (χ0n) is 13.3. The number of benzene rings is 1. The predicted octanol–water partition coefficient (Wildman–Crippen LogP) is 1.43. The summed E-state index contributed by atoms with van der Waals surface area (Å²) >= 11 is 0. The standard InChI is InChI=1S/C15H19F3N2O4/c1-23-11-5-4-10(8-12(11)24-2)9-13(21)19-6-3-7-20-14(22)15(16,17)18/h4-5,8H,3,6-7,9H2,1-2H3,(H,19,21)(H,20,22). The van der Waals surface area contributed by atoms with E-state index in [0.29, 0.717) is 17.1 Å². The normalized spacial score (nSPS) is 10.9. The molecule has 0 unspecified atom stereocenters. The highest BCUT2D eigenvalue weighted by atomic mass is 19.4. The molecule has 0 saturated heterocycles. The summed E-state index contributed by atoms with van der Waals surface area (Å²) in [5.41, 5.74) is 0.704. The molecular weight excluding hydrogens is 329 g/mol. The number of methoxy groups -OCH3 is 2. The molecule has 2 N–H and O–H groups in total. The van der Waals surface area contributed by atoms with Gasteiger partial charge in [-0.25, -0.2) is 0 Å². The van der Waals surface area contributed by atoms with Crippen molar-refractivity contribution in [3.05, 3.63) is 23.8 Å². The van der Waals surface area contributed by atoms with Crippen molar-refractivity contribution in [2.24, 2.45) is 0 Å².